The van der Waals surface area contributed by atoms with Crippen molar-refractivity contribution in [3.05, 3.63) is 22.7 Å². The van der Waals surface area contributed by atoms with E-state index >= 15 is 0 Å². The molecule has 3 saturated heterocycles. The molecule has 4 aliphatic rings. The summed E-state index contributed by atoms with van der Waals surface area (Å²) in [6.07, 6.45) is 2.51. The summed E-state index contributed by atoms with van der Waals surface area (Å²) in [5, 5.41) is 0.611. The molecule has 4 heterocycles. The molecule has 2 bridgehead atoms. The van der Waals surface area contributed by atoms with Crippen LogP contribution in [0, 0.1) is 0 Å². The highest BCUT2D eigenvalue weighted by molar-refractivity contribution is 6.29. The molecule has 1 aromatic rings. The van der Waals surface area contributed by atoms with Crippen LogP contribution >= 0.6 is 11.6 Å². The zero-order valence-electron chi connectivity index (χ0n) is 10.3. The number of rotatable bonds is 2. The maximum absolute atomic E-state index is 6.16. The monoisotopic (exact) mass is 264 g/mol. The fraction of sp³-hybridized carbons (Fsp3) is 0.692. The Morgan fingerprint density at radius 1 is 1.11 bits per heavy atom. The average molecular weight is 265 g/mol. The van der Waals surface area contributed by atoms with Gasteiger partial charge in [-0.3, -0.25) is 9.80 Å². The molecule has 5 rings (SSSR count). The second-order valence-electron chi connectivity index (χ2n) is 5.60. The minimum absolute atomic E-state index is 0.351. The SMILES string of the molecule is Clc1cc(C2CC2)nc(C2CN3CCN2CC3)n1. The van der Waals surface area contributed by atoms with E-state index in [2.05, 4.69) is 14.8 Å². The van der Waals surface area contributed by atoms with E-state index < -0.39 is 0 Å². The van der Waals surface area contributed by atoms with Gasteiger partial charge in [0.15, 0.2) is 0 Å². The molecular weight excluding hydrogens is 248 g/mol. The third-order valence-electron chi connectivity index (χ3n) is 4.30. The van der Waals surface area contributed by atoms with E-state index in [9.17, 15) is 0 Å². The first-order chi connectivity index (χ1) is 8.79. The Hall–Kier alpha value is -0.710. The van der Waals surface area contributed by atoms with Crippen molar-refractivity contribution in [2.24, 2.45) is 0 Å². The van der Waals surface area contributed by atoms with Crippen molar-refractivity contribution >= 4 is 11.6 Å². The Bertz CT molecular complexity index is 466. The van der Waals surface area contributed by atoms with Crippen LogP contribution in [0.5, 0.6) is 0 Å². The number of halogens is 1. The van der Waals surface area contributed by atoms with Crippen molar-refractivity contribution in [1.29, 1.82) is 0 Å². The van der Waals surface area contributed by atoms with Crippen LogP contribution in [0.4, 0.5) is 0 Å². The van der Waals surface area contributed by atoms with E-state index in [1.807, 2.05) is 6.07 Å². The number of fused-ring (bicyclic) bond motifs is 3. The normalized spacial score (nSPS) is 34.8. The predicted molar refractivity (Wildman–Crippen MR) is 69.8 cm³/mol. The highest BCUT2D eigenvalue weighted by atomic mass is 35.5. The van der Waals surface area contributed by atoms with Crippen LogP contribution in [0.3, 0.4) is 0 Å². The largest absolute Gasteiger partial charge is 0.299 e. The van der Waals surface area contributed by atoms with Crippen molar-refractivity contribution in [2.45, 2.75) is 24.8 Å². The van der Waals surface area contributed by atoms with Gasteiger partial charge in [-0.25, -0.2) is 9.97 Å². The van der Waals surface area contributed by atoms with Gasteiger partial charge in [0, 0.05) is 44.3 Å². The molecule has 96 valence electrons. The molecule has 1 atom stereocenters. The van der Waals surface area contributed by atoms with Crippen molar-refractivity contribution in [1.82, 2.24) is 19.8 Å². The lowest BCUT2D eigenvalue weighted by atomic mass is 10.1. The lowest BCUT2D eigenvalue weighted by molar-refractivity contribution is 0.00856. The molecular formula is C13H17ClN4. The van der Waals surface area contributed by atoms with Gasteiger partial charge >= 0.3 is 0 Å². The van der Waals surface area contributed by atoms with E-state index in [0.717, 1.165) is 31.2 Å². The molecule has 1 saturated carbocycles. The van der Waals surface area contributed by atoms with Crippen LogP contribution in [0.1, 0.15) is 36.3 Å². The number of nitrogens with zero attached hydrogens (tertiary/aromatic N) is 4. The molecule has 0 aromatic carbocycles. The summed E-state index contributed by atoms with van der Waals surface area (Å²) >= 11 is 6.16. The summed E-state index contributed by atoms with van der Waals surface area (Å²) in [4.78, 5) is 14.3. The van der Waals surface area contributed by atoms with Gasteiger partial charge in [0.2, 0.25) is 0 Å². The lowest BCUT2D eigenvalue weighted by Gasteiger charge is -2.46. The highest BCUT2D eigenvalue weighted by Crippen LogP contribution is 2.40. The zero-order valence-corrected chi connectivity index (χ0v) is 11.1. The Morgan fingerprint density at radius 3 is 2.50 bits per heavy atom. The van der Waals surface area contributed by atoms with E-state index in [1.54, 1.807) is 0 Å². The summed E-state index contributed by atoms with van der Waals surface area (Å²) in [7, 11) is 0. The Morgan fingerprint density at radius 2 is 1.89 bits per heavy atom. The minimum atomic E-state index is 0.351. The van der Waals surface area contributed by atoms with Gasteiger partial charge in [0.25, 0.3) is 0 Å². The van der Waals surface area contributed by atoms with Gasteiger partial charge in [0.1, 0.15) is 11.0 Å². The highest BCUT2D eigenvalue weighted by Gasteiger charge is 2.35. The Labute approximate surface area is 112 Å². The van der Waals surface area contributed by atoms with Crippen LogP contribution in [0.25, 0.3) is 0 Å². The standard InChI is InChI=1S/C13H17ClN4/c14-12-7-10(9-1-2-9)15-13(16-12)11-8-17-3-5-18(11)6-4-17/h7,9,11H,1-6,8H2. The van der Waals surface area contributed by atoms with Gasteiger partial charge in [-0.15, -0.1) is 0 Å². The average Bonchev–Trinajstić information content (AvgIpc) is 3.23. The first-order valence-corrected chi connectivity index (χ1v) is 7.18. The van der Waals surface area contributed by atoms with Crippen molar-refractivity contribution in [3.8, 4) is 0 Å². The lowest BCUT2D eigenvalue weighted by Crippen LogP contribution is -2.57. The van der Waals surface area contributed by atoms with Crippen LogP contribution in [-0.4, -0.2) is 52.5 Å². The first kappa shape index (κ1) is 11.1. The molecule has 0 radical (unpaired) electrons. The maximum Gasteiger partial charge on any atom is 0.148 e. The number of hydrogen-bond acceptors (Lipinski definition) is 4. The Kier molecular flexibility index (Phi) is 2.57. The molecule has 4 nitrogen and oxygen atoms in total. The van der Waals surface area contributed by atoms with Gasteiger partial charge in [-0.05, 0) is 18.9 Å². The van der Waals surface area contributed by atoms with Crippen molar-refractivity contribution in [3.63, 3.8) is 0 Å². The summed E-state index contributed by atoms with van der Waals surface area (Å²) < 4.78 is 0. The summed E-state index contributed by atoms with van der Waals surface area (Å²) in [5.74, 6) is 1.58. The second-order valence-corrected chi connectivity index (χ2v) is 5.99. The van der Waals surface area contributed by atoms with E-state index in [-0.39, 0.29) is 0 Å². The molecule has 1 aliphatic carbocycles. The number of aromatic nitrogens is 2. The van der Waals surface area contributed by atoms with E-state index in [4.69, 9.17) is 16.6 Å². The van der Waals surface area contributed by atoms with Crippen LogP contribution < -0.4 is 0 Å². The molecule has 0 spiro atoms. The summed E-state index contributed by atoms with van der Waals surface area (Å²) in [6.45, 7) is 5.71. The van der Waals surface area contributed by atoms with Crippen molar-refractivity contribution in [2.75, 3.05) is 32.7 Å². The summed E-state index contributed by atoms with van der Waals surface area (Å²) in [5.41, 5.74) is 1.16. The number of piperazine rings is 3. The van der Waals surface area contributed by atoms with Crippen LogP contribution in [0.2, 0.25) is 5.15 Å². The fourth-order valence-corrected chi connectivity index (χ4v) is 3.25. The van der Waals surface area contributed by atoms with Gasteiger partial charge < -0.3 is 0 Å². The molecule has 18 heavy (non-hydrogen) atoms. The fourth-order valence-electron chi connectivity index (χ4n) is 3.05. The molecule has 3 aliphatic heterocycles. The molecule has 1 unspecified atom stereocenters. The minimum Gasteiger partial charge on any atom is -0.299 e. The van der Waals surface area contributed by atoms with Crippen LogP contribution in [-0.2, 0) is 0 Å². The Balaban J connectivity index is 1.67. The topological polar surface area (TPSA) is 32.3 Å². The molecule has 4 fully saturated rings. The third-order valence-corrected chi connectivity index (χ3v) is 4.50. The predicted octanol–water partition coefficient (Wildman–Crippen LogP) is 1.68. The van der Waals surface area contributed by atoms with Crippen LogP contribution in [0.15, 0.2) is 6.07 Å². The maximum atomic E-state index is 6.16. The zero-order chi connectivity index (χ0) is 12.1. The molecule has 1 aromatic heterocycles. The molecule has 5 heteroatoms. The van der Waals surface area contributed by atoms with Gasteiger partial charge in [-0.1, -0.05) is 11.6 Å². The second kappa shape index (κ2) is 4.15. The third kappa shape index (κ3) is 1.92. The summed E-state index contributed by atoms with van der Waals surface area (Å²) in [6, 6.07) is 2.29. The molecule has 0 N–H and O–H groups in total. The van der Waals surface area contributed by atoms with E-state index in [1.165, 1.54) is 25.9 Å². The van der Waals surface area contributed by atoms with E-state index in [0.29, 0.717) is 17.1 Å². The molecule has 0 amide bonds. The quantitative estimate of drug-likeness (QED) is 0.761. The van der Waals surface area contributed by atoms with Gasteiger partial charge in [-0.2, -0.15) is 0 Å². The van der Waals surface area contributed by atoms with Gasteiger partial charge in [0.05, 0.1) is 6.04 Å². The smallest absolute Gasteiger partial charge is 0.148 e. The number of hydrogen-bond donors (Lipinski definition) is 0. The van der Waals surface area contributed by atoms with Crippen molar-refractivity contribution < 1.29 is 0 Å². The first-order valence-electron chi connectivity index (χ1n) is 6.80.